The number of carbonyl (C=O) groups is 1. The van der Waals surface area contributed by atoms with Crippen molar-refractivity contribution in [2.45, 2.75) is 18.2 Å². The van der Waals surface area contributed by atoms with Crippen molar-refractivity contribution in [1.29, 1.82) is 0 Å². The zero-order valence-electron chi connectivity index (χ0n) is 9.46. The van der Waals surface area contributed by atoms with E-state index in [9.17, 15) is 13.2 Å². The highest BCUT2D eigenvalue weighted by Gasteiger charge is 2.55. The van der Waals surface area contributed by atoms with Crippen LogP contribution in [0.15, 0.2) is 29.2 Å². The quantitative estimate of drug-likeness (QED) is 0.792. The molecule has 0 spiro atoms. The predicted octanol–water partition coefficient (Wildman–Crippen LogP) is 1.16. The van der Waals surface area contributed by atoms with Crippen LogP contribution in [0.1, 0.15) is 12.0 Å². The summed E-state index contributed by atoms with van der Waals surface area (Å²) in [7, 11) is -3.62. The largest absolute Gasteiger partial charge is 0.273 e. The van der Waals surface area contributed by atoms with Gasteiger partial charge in [-0.25, -0.2) is 12.7 Å². The number of rotatable bonds is 2. The summed E-state index contributed by atoms with van der Waals surface area (Å²) in [5.74, 6) is 0.00789. The van der Waals surface area contributed by atoms with Gasteiger partial charge in [-0.1, -0.05) is 17.7 Å². The SMILES string of the molecule is Cc1ccc(S(=O)(=O)N2C[C@@H]3C[C@@H]3C2=O)cc1. The van der Waals surface area contributed by atoms with Crippen LogP contribution in [-0.4, -0.2) is 25.2 Å². The number of benzene rings is 1. The van der Waals surface area contributed by atoms with Crippen LogP contribution in [0, 0.1) is 18.8 Å². The summed E-state index contributed by atoms with van der Waals surface area (Å²) >= 11 is 0. The Morgan fingerprint density at radius 1 is 1.24 bits per heavy atom. The first-order valence-electron chi connectivity index (χ1n) is 5.63. The van der Waals surface area contributed by atoms with Gasteiger partial charge in [-0.05, 0) is 31.4 Å². The summed E-state index contributed by atoms with van der Waals surface area (Å²) < 4.78 is 25.5. The Kier molecular flexibility index (Phi) is 2.10. The highest BCUT2D eigenvalue weighted by molar-refractivity contribution is 7.89. The van der Waals surface area contributed by atoms with E-state index in [2.05, 4.69) is 0 Å². The molecule has 0 aromatic heterocycles. The van der Waals surface area contributed by atoms with Crippen molar-refractivity contribution >= 4 is 15.9 Å². The van der Waals surface area contributed by atoms with E-state index in [1.54, 1.807) is 24.3 Å². The average molecular weight is 251 g/mol. The summed E-state index contributed by atoms with van der Waals surface area (Å²) in [6.45, 7) is 2.26. The lowest BCUT2D eigenvalue weighted by atomic mass is 10.2. The van der Waals surface area contributed by atoms with E-state index < -0.39 is 10.0 Å². The van der Waals surface area contributed by atoms with Crippen LogP contribution in [0.5, 0.6) is 0 Å². The van der Waals surface area contributed by atoms with Crippen LogP contribution in [0.25, 0.3) is 0 Å². The van der Waals surface area contributed by atoms with Gasteiger partial charge in [-0.2, -0.15) is 0 Å². The molecular weight excluding hydrogens is 238 g/mol. The second-order valence-electron chi connectivity index (χ2n) is 4.79. The normalized spacial score (nSPS) is 27.1. The molecule has 1 aliphatic carbocycles. The van der Waals surface area contributed by atoms with Gasteiger partial charge < -0.3 is 0 Å². The Hall–Kier alpha value is -1.36. The maximum absolute atomic E-state index is 12.2. The van der Waals surface area contributed by atoms with Gasteiger partial charge in [0, 0.05) is 12.5 Å². The fourth-order valence-electron chi connectivity index (χ4n) is 2.29. The van der Waals surface area contributed by atoms with E-state index in [1.807, 2.05) is 6.92 Å². The van der Waals surface area contributed by atoms with Gasteiger partial charge in [-0.3, -0.25) is 4.79 Å². The minimum atomic E-state index is -3.62. The molecule has 0 radical (unpaired) electrons. The van der Waals surface area contributed by atoms with Crippen molar-refractivity contribution in [2.24, 2.45) is 11.8 Å². The summed E-state index contributed by atoms with van der Waals surface area (Å²) in [4.78, 5) is 12.0. The van der Waals surface area contributed by atoms with Gasteiger partial charge in [-0.15, -0.1) is 0 Å². The Balaban J connectivity index is 1.96. The molecule has 2 atom stereocenters. The van der Waals surface area contributed by atoms with Crippen molar-refractivity contribution in [3.63, 3.8) is 0 Å². The van der Waals surface area contributed by atoms with Crippen molar-refractivity contribution < 1.29 is 13.2 Å². The van der Waals surface area contributed by atoms with Gasteiger partial charge in [0.1, 0.15) is 0 Å². The fourth-order valence-corrected chi connectivity index (χ4v) is 3.79. The molecule has 3 rings (SSSR count). The number of piperidine rings is 1. The lowest BCUT2D eigenvalue weighted by Crippen LogP contribution is -2.34. The molecule has 1 saturated carbocycles. The molecule has 4 nitrogen and oxygen atoms in total. The predicted molar refractivity (Wildman–Crippen MR) is 61.7 cm³/mol. The van der Waals surface area contributed by atoms with Crippen LogP contribution in [-0.2, 0) is 14.8 Å². The summed E-state index contributed by atoms with van der Waals surface area (Å²) in [5.41, 5.74) is 1.000. The van der Waals surface area contributed by atoms with Gasteiger partial charge in [0.15, 0.2) is 0 Å². The van der Waals surface area contributed by atoms with E-state index in [0.29, 0.717) is 6.54 Å². The molecule has 17 heavy (non-hydrogen) atoms. The molecule has 0 unspecified atom stereocenters. The number of nitrogens with zero attached hydrogens (tertiary/aromatic N) is 1. The van der Waals surface area contributed by atoms with Crippen molar-refractivity contribution in [3.8, 4) is 0 Å². The molecule has 5 heteroatoms. The topological polar surface area (TPSA) is 54.5 Å². The van der Waals surface area contributed by atoms with Crippen LogP contribution in [0.4, 0.5) is 0 Å². The third-order valence-corrected chi connectivity index (χ3v) is 5.27. The van der Waals surface area contributed by atoms with Crippen molar-refractivity contribution in [1.82, 2.24) is 4.31 Å². The minimum Gasteiger partial charge on any atom is -0.273 e. The highest BCUT2D eigenvalue weighted by atomic mass is 32.2. The maximum Gasteiger partial charge on any atom is 0.266 e. The molecular formula is C12H13NO3S. The number of hydrogen-bond acceptors (Lipinski definition) is 3. The van der Waals surface area contributed by atoms with E-state index in [4.69, 9.17) is 0 Å². The first kappa shape index (κ1) is 10.8. The van der Waals surface area contributed by atoms with Gasteiger partial charge in [0.2, 0.25) is 5.91 Å². The van der Waals surface area contributed by atoms with E-state index in [1.165, 1.54) is 0 Å². The molecule has 1 aromatic rings. The fraction of sp³-hybridized carbons (Fsp3) is 0.417. The number of aryl methyl sites for hydroxylation is 1. The number of hydrogen-bond donors (Lipinski definition) is 0. The van der Waals surface area contributed by atoms with E-state index in [-0.39, 0.29) is 22.6 Å². The number of carbonyl (C=O) groups excluding carboxylic acids is 1. The molecule has 1 amide bonds. The zero-order chi connectivity index (χ0) is 12.2. The highest BCUT2D eigenvalue weighted by Crippen LogP contribution is 2.47. The molecule has 1 heterocycles. The van der Waals surface area contributed by atoms with Crippen LogP contribution in [0.2, 0.25) is 0 Å². The van der Waals surface area contributed by atoms with Crippen LogP contribution < -0.4 is 0 Å². The van der Waals surface area contributed by atoms with E-state index in [0.717, 1.165) is 16.3 Å². The Bertz CT molecular complexity index is 576. The molecule has 0 bridgehead atoms. The van der Waals surface area contributed by atoms with Gasteiger partial charge in [0.25, 0.3) is 10.0 Å². The minimum absolute atomic E-state index is 0.0322. The molecule has 0 N–H and O–H groups in total. The molecule has 1 saturated heterocycles. The smallest absolute Gasteiger partial charge is 0.266 e. The van der Waals surface area contributed by atoms with Crippen molar-refractivity contribution in [2.75, 3.05) is 6.54 Å². The van der Waals surface area contributed by atoms with Gasteiger partial charge >= 0.3 is 0 Å². The second kappa shape index (κ2) is 3.32. The second-order valence-corrected chi connectivity index (χ2v) is 6.65. The number of amides is 1. The Morgan fingerprint density at radius 3 is 2.41 bits per heavy atom. The lowest BCUT2D eigenvalue weighted by Gasteiger charge is -2.18. The third-order valence-electron chi connectivity index (χ3n) is 3.49. The lowest BCUT2D eigenvalue weighted by molar-refractivity contribution is -0.125. The van der Waals surface area contributed by atoms with E-state index >= 15 is 0 Å². The number of fused-ring (bicyclic) bond motifs is 1. The van der Waals surface area contributed by atoms with Gasteiger partial charge in [0.05, 0.1) is 4.90 Å². The zero-order valence-corrected chi connectivity index (χ0v) is 10.3. The molecule has 1 aromatic carbocycles. The average Bonchev–Trinajstić information content (AvgIpc) is 2.98. The summed E-state index contributed by atoms with van der Waals surface area (Å²) in [5, 5.41) is 0. The third kappa shape index (κ3) is 1.57. The molecule has 2 fully saturated rings. The van der Waals surface area contributed by atoms with Crippen molar-refractivity contribution in [3.05, 3.63) is 29.8 Å². The van der Waals surface area contributed by atoms with Crippen LogP contribution in [0.3, 0.4) is 0 Å². The monoisotopic (exact) mass is 251 g/mol. The summed E-state index contributed by atoms with van der Waals surface area (Å²) in [6, 6.07) is 6.60. The molecule has 90 valence electrons. The maximum atomic E-state index is 12.2. The molecule has 2 aliphatic rings. The summed E-state index contributed by atoms with van der Waals surface area (Å²) in [6.07, 6.45) is 0.860. The van der Waals surface area contributed by atoms with Crippen LogP contribution >= 0.6 is 0 Å². The Labute approximate surface area is 100 Å². The molecule has 1 aliphatic heterocycles. The standard InChI is InChI=1S/C12H13NO3S/c1-8-2-4-10(5-3-8)17(15,16)13-7-9-6-11(9)12(13)14/h2-5,9,11H,6-7H2,1H3/t9-,11-/m0/s1. The number of sulfonamides is 1. The first-order valence-corrected chi connectivity index (χ1v) is 7.07. The Morgan fingerprint density at radius 2 is 1.88 bits per heavy atom. The first-order chi connectivity index (χ1) is 8.00.